The number of piperazine rings is 1. The van der Waals surface area contributed by atoms with Gasteiger partial charge in [-0.3, -0.25) is 9.59 Å². The van der Waals surface area contributed by atoms with Crippen LogP contribution in [-0.2, 0) is 4.79 Å². The molecule has 188 valence electrons. The van der Waals surface area contributed by atoms with Gasteiger partial charge in [0.15, 0.2) is 5.16 Å². The minimum atomic E-state index is -0.428. The zero-order valence-electron chi connectivity index (χ0n) is 19.8. The van der Waals surface area contributed by atoms with E-state index in [1.165, 1.54) is 36.7 Å². The average Bonchev–Trinajstić information content (AvgIpc) is 3.35. The van der Waals surface area contributed by atoms with Gasteiger partial charge in [0.05, 0.1) is 5.75 Å². The Kier molecular flexibility index (Phi) is 8.80. The van der Waals surface area contributed by atoms with Crippen molar-refractivity contribution in [2.24, 2.45) is 0 Å². The van der Waals surface area contributed by atoms with Crippen LogP contribution in [0.15, 0.2) is 35.5 Å². The summed E-state index contributed by atoms with van der Waals surface area (Å²) in [7, 11) is 0. The van der Waals surface area contributed by atoms with Gasteiger partial charge in [-0.15, -0.1) is 0 Å². The fourth-order valence-corrected chi connectivity index (χ4v) is 5.32. The van der Waals surface area contributed by atoms with Crippen molar-refractivity contribution >= 4 is 41.0 Å². The lowest BCUT2D eigenvalue weighted by Gasteiger charge is -2.40. The highest BCUT2D eigenvalue weighted by Crippen LogP contribution is 2.24. The van der Waals surface area contributed by atoms with Crippen LogP contribution < -0.4 is 10.2 Å². The van der Waals surface area contributed by atoms with Crippen LogP contribution in [-0.4, -0.2) is 89.2 Å². The maximum absolute atomic E-state index is 13.6. The first kappa shape index (κ1) is 25.7. The number of amides is 2. The Morgan fingerprint density at radius 1 is 1.17 bits per heavy atom. The summed E-state index contributed by atoms with van der Waals surface area (Å²) in [6, 6.07) is 7.34. The molecule has 2 aliphatic heterocycles. The van der Waals surface area contributed by atoms with Crippen LogP contribution in [0.3, 0.4) is 0 Å². The summed E-state index contributed by atoms with van der Waals surface area (Å²) in [6.07, 6.45) is 2.46. The molecule has 1 aromatic carbocycles. The summed E-state index contributed by atoms with van der Waals surface area (Å²) in [6.45, 7) is 7.26. The van der Waals surface area contributed by atoms with Gasteiger partial charge in [0.2, 0.25) is 5.91 Å². The summed E-state index contributed by atoms with van der Waals surface area (Å²) in [5, 5.41) is 3.69. The molecule has 1 N–H and O–H groups in total. The smallest absolute Gasteiger partial charge is 0.254 e. The molecule has 1 atom stereocenters. The molecule has 2 fully saturated rings. The number of likely N-dealkylation sites (tertiary alicyclic amines) is 1. The monoisotopic (exact) mass is 520 g/mol. The van der Waals surface area contributed by atoms with Crippen LogP contribution in [0.2, 0.25) is 5.15 Å². The van der Waals surface area contributed by atoms with E-state index in [-0.39, 0.29) is 23.6 Å². The number of nitrogens with zero attached hydrogens (tertiary/aromatic N) is 5. The molecule has 0 saturated carbocycles. The molecular weight excluding hydrogens is 491 g/mol. The molecular formula is C24H30ClFN6O2S. The zero-order valence-corrected chi connectivity index (χ0v) is 21.3. The third-order valence-corrected chi connectivity index (χ3v) is 7.27. The molecule has 2 saturated heterocycles. The van der Waals surface area contributed by atoms with E-state index in [4.69, 9.17) is 11.6 Å². The Hall–Kier alpha value is -2.43. The first-order valence-corrected chi connectivity index (χ1v) is 13.2. The molecule has 1 unspecified atom stereocenters. The van der Waals surface area contributed by atoms with Gasteiger partial charge in [-0.25, -0.2) is 14.4 Å². The highest BCUT2D eigenvalue weighted by molar-refractivity contribution is 7.99. The number of anilines is 1. The summed E-state index contributed by atoms with van der Waals surface area (Å²) in [5.74, 6) is 0.197. The Bertz CT molecular complexity index is 1050. The molecule has 8 nitrogen and oxygen atoms in total. The molecule has 0 spiro atoms. The number of hydrogen-bond acceptors (Lipinski definition) is 7. The molecule has 2 aliphatic rings. The van der Waals surface area contributed by atoms with Crippen molar-refractivity contribution in [1.82, 2.24) is 25.1 Å². The zero-order chi connectivity index (χ0) is 24.8. The lowest BCUT2D eigenvalue weighted by molar-refractivity contribution is -0.118. The minimum absolute atomic E-state index is 0.0579. The third kappa shape index (κ3) is 7.05. The summed E-state index contributed by atoms with van der Waals surface area (Å²) >= 11 is 7.50. The van der Waals surface area contributed by atoms with Crippen LogP contribution in [0, 0.1) is 5.82 Å². The first-order chi connectivity index (χ1) is 16.9. The Labute approximate surface area is 214 Å². The molecule has 0 radical (unpaired) electrons. The Balaban J connectivity index is 1.30. The van der Waals surface area contributed by atoms with E-state index < -0.39 is 5.82 Å². The number of halogens is 2. The maximum Gasteiger partial charge on any atom is 0.254 e. The highest BCUT2D eigenvalue weighted by Gasteiger charge is 2.29. The van der Waals surface area contributed by atoms with Crippen LogP contribution in [0.1, 0.15) is 30.1 Å². The van der Waals surface area contributed by atoms with Crippen LogP contribution >= 0.6 is 23.4 Å². The predicted octanol–water partition coefficient (Wildman–Crippen LogP) is 2.92. The topological polar surface area (TPSA) is 81.7 Å². The second-order valence-electron chi connectivity index (χ2n) is 8.82. The molecule has 0 aliphatic carbocycles. The molecule has 35 heavy (non-hydrogen) atoms. The maximum atomic E-state index is 13.6. The molecule has 1 aromatic heterocycles. The van der Waals surface area contributed by atoms with Gasteiger partial charge in [0, 0.05) is 50.4 Å². The molecule has 4 rings (SSSR count). The van der Waals surface area contributed by atoms with Gasteiger partial charge in [0.1, 0.15) is 16.8 Å². The Morgan fingerprint density at radius 2 is 1.97 bits per heavy atom. The average molecular weight is 521 g/mol. The molecule has 0 bridgehead atoms. The number of benzene rings is 1. The van der Waals surface area contributed by atoms with Gasteiger partial charge in [-0.1, -0.05) is 29.4 Å². The number of hydrogen-bond donors (Lipinski definition) is 1. The predicted molar refractivity (Wildman–Crippen MR) is 136 cm³/mol. The van der Waals surface area contributed by atoms with E-state index in [2.05, 4.69) is 20.2 Å². The number of thioether (sulfide) groups is 1. The summed E-state index contributed by atoms with van der Waals surface area (Å²) in [5.41, 5.74) is 0.341. The first-order valence-electron chi connectivity index (χ1n) is 11.9. The molecule has 11 heteroatoms. The van der Waals surface area contributed by atoms with Crippen molar-refractivity contribution in [3.05, 3.63) is 46.9 Å². The van der Waals surface area contributed by atoms with Crippen molar-refractivity contribution in [2.45, 2.75) is 31.0 Å². The fourth-order valence-electron chi connectivity index (χ4n) is 4.41. The number of carbonyl (C=O) groups is 2. The Morgan fingerprint density at radius 3 is 2.71 bits per heavy atom. The lowest BCUT2D eigenvalue weighted by Crippen LogP contribution is -2.54. The summed E-state index contributed by atoms with van der Waals surface area (Å²) in [4.78, 5) is 40.1. The fraction of sp³-hybridized carbons (Fsp3) is 0.500. The normalized spacial score (nSPS) is 18.7. The van der Waals surface area contributed by atoms with Gasteiger partial charge < -0.3 is 20.0 Å². The van der Waals surface area contributed by atoms with Crippen molar-refractivity contribution < 1.29 is 14.0 Å². The third-order valence-electron chi connectivity index (χ3n) is 6.23. The second kappa shape index (κ2) is 12.0. The minimum Gasteiger partial charge on any atom is -0.354 e. The van der Waals surface area contributed by atoms with E-state index in [1.807, 2.05) is 11.8 Å². The van der Waals surface area contributed by atoms with E-state index in [0.717, 1.165) is 19.6 Å². The molecule has 3 heterocycles. The second-order valence-corrected chi connectivity index (χ2v) is 10.2. The van der Waals surface area contributed by atoms with Crippen LogP contribution in [0.4, 0.5) is 10.2 Å². The quantitative estimate of drug-likeness (QED) is 0.325. The summed E-state index contributed by atoms with van der Waals surface area (Å²) < 4.78 is 13.6. The number of carbonyl (C=O) groups excluding carboxylic acids is 2. The van der Waals surface area contributed by atoms with Crippen LogP contribution in [0.25, 0.3) is 0 Å². The number of aromatic nitrogens is 2. The van der Waals surface area contributed by atoms with E-state index >= 15 is 0 Å². The van der Waals surface area contributed by atoms with Crippen molar-refractivity contribution in [3.8, 4) is 0 Å². The van der Waals surface area contributed by atoms with Crippen molar-refractivity contribution in [1.29, 1.82) is 0 Å². The van der Waals surface area contributed by atoms with E-state index in [1.54, 1.807) is 23.1 Å². The SMILES string of the molecule is CC1CN(c2cc(Cl)nc(SCC(=O)NCCN3CCCC3)n2)CCN1C(=O)c1cccc(F)c1. The largest absolute Gasteiger partial charge is 0.354 e. The van der Waals surface area contributed by atoms with Crippen molar-refractivity contribution in [2.75, 3.05) is 56.5 Å². The van der Waals surface area contributed by atoms with Crippen molar-refractivity contribution in [3.63, 3.8) is 0 Å². The van der Waals surface area contributed by atoms with Gasteiger partial charge >= 0.3 is 0 Å². The van der Waals surface area contributed by atoms with E-state index in [9.17, 15) is 14.0 Å². The molecule has 2 aromatic rings. The van der Waals surface area contributed by atoms with Gasteiger partial charge in [0.25, 0.3) is 5.91 Å². The van der Waals surface area contributed by atoms with Gasteiger partial charge in [-0.2, -0.15) is 0 Å². The van der Waals surface area contributed by atoms with Gasteiger partial charge in [-0.05, 0) is 51.1 Å². The lowest BCUT2D eigenvalue weighted by atomic mass is 10.1. The highest BCUT2D eigenvalue weighted by atomic mass is 35.5. The number of rotatable bonds is 8. The standard InChI is InChI=1S/C24H30ClFN6O2S/c1-17-15-31(11-12-32(17)23(34)18-5-4-6-19(26)13-18)21-14-20(25)28-24(29-21)35-16-22(33)27-7-10-30-8-2-3-9-30/h4-6,13-14,17H,2-3,7-12,15-16H2,1H3,(H,27,33). The number of nitrogens with one attached hydrogen (secondary N) is 1. The molecule has 2 amide bonds. The van der Waals surface area contributed by atoms with E-state index in [0.29, 0.717) is 47.9 Å². The van der Waals surface area contributed by atoms with Crippen LogP contribution in [0.5, 0.6) is 0 Å².